The number of ether oxygens (including phenoxy) is 2. The monoisotopic (exact) mass is 537 g/mol. The summed E-state index contributed by atoms with van der Waals surface area (Å²) in [5.41, 5.74) is 1.02. The van der Waals surface area contributed by atoms with Crippen molar-refractivity contribution in [2.45, 2.75) is 52.2 Å². The minimum Gasteiger partial charge on any atom is -0.454 e. The van der Waals surface area contributed by atoms with Crippen molar-refractivity contribution in [3.8, 4) is 11.5 Å². The van der Waals surface area contributed by atoms with Crippen molar-refractivity contribution in [2.24, 2.45) is 0 Å². The molecule has 2 amide bonds. The van der Waals surface area contributed by atoms with Gasteiger partial charge in [0.2, 0.25) is 28.6 Å². The molecule has 0 aliphatic carbocycles. The van der Waals surface area contributed by atoms with Crippen molar-refractivity contribution in [3.05, 3.63) is 53.1 Å². The molecule has 9 nitrogen and oxygen atoms in total. The first-order valence-corrected chi connectivity index (χ1v) is 14.0. The fourth-order valence-corrected chi connectivity index (χ4v) is 4.77. The van der Waals surface area contributed by atoms with E-state index >= 15 is 0 Å². The average molecular weight is 538 g/mol. The summed E-state index contributed by atoms with van der Waals surface area (Å²) >= 11 is 6.01. The van der Waals surface area contributed by atoms with Crippen molar-refractivity contribution >= 4 is 39.1 Å². The molecule has 11 heteroatoms. The molecule has 2 atom stereocenters. The third-order valence-corrected chi connectivity index (χ3v) is 7.37. The van der Waals surface area contributed by atoms with E-state index in [1.807, 2.05) is 20.8 Å². The Hall–Kier alpha value is -2.98. The molecule has 2 unspecified atom stereocenters. The second-order valence-electron chi connectivity index (χ2n) is 8.70. The van der Waals surface area contributed by atoms with Crippen molar-refractivity contribution in [3.63, 3.8) is 0 Å². The number of hydrogen-bond donors (Lipinski definition) is 1. The molecule has 1 aliphatic rings. The molecule has 1 aliphatic heterocycles. The highest BCUT2D eigenvalue weighted by atomic mass is 35.5. The van der Waals surface area contributed by atoms with E-state index < -0.39 is 28.5 Å². The quantitative estimate of drug-likeness (QED) is 0.470. The van der Waals surface area contributed by atoms with Gasteiger partial charge in [0, 0.05) is 23.7 Å². The lowest BCUT2D eigenvalue weighted by Crippen LogP contribution is -2.53. The van der Waals surface area contributed by atoms with Crippen LogP contribution in [-0.2, 0) is 26.2 Å². The van der Waals surface area contributed by atoms with Crippen molar-refractivity contribution in [1.82, 2.24) is 10.2 Å². The van der Waals surface area contributed by atoms with Crippen LogP contribution in [-0.4, -0.2) is 56.8 Å². The smallest absolute Gasteiger partial charge is 0.244 e. The first-order valence-electron chi connectivity index (χ1n) is 11.7. The van der Waals surface area contributed by atoms with Crippen LogP contribution in [0.25, 0.3) is 0 Å². The maximum Gasteiger partial charge on any atom is 0.244 e. The maximum absolute atomic E-state index is 13.7. The fraction of sp³-hybridized carbons (Fsp3) is 0.440. The van der Waals surface area contributed by atoms with E-state index in [2.05, 4.69) is 5.32 Å². The predicted octanol–water partition coefficient (Wildman–Crippen LogP) is 3.56. The zero-order valence-corrected chi connectivity index (χ0v) is 22.4. The number of nitrogens with one attached hydrogen (secondary N) is 1. The van der Waals surface area contributed by atoms with Crippen LogP contribution in [0.15, 0.2) is 42.5 Å². The standard InChI is InChI=1S/C25H32ClN3O6S/c1-5-17(3)27-25(31)21(6-2)28(14-18-7-9-19(26)10-8-18)24(30)15-29(36(4,32)33)20-11-12-22-23(13-20)35-16-34-22/h7-13,17,21H,5-6,14-16H2,1-4H3,(H,27,31). The van der Waals surface area contributed by atoms with Gasteiger partial charge in [-0.2, -0.15) is 0 Å². The molecule has 3 rings (SSSR count). The lowest BCUT2D eigenvalue weighted by Gasteiger charge is -2.33. The Morgan fingerprint density at radius 1 is 1.06 bits per heavy atom. The Balaban J connectivity index is 1.94. The molecule has 0 radical (unpaired) electrons. The largest absolute Gasteiger partial charge is 0.454 e. The molecule has 0 bridgehead atoms. The number of hydrogen-bond acceptors (Lipinski definition) is 6. The molecular formula is C25H32ClN3O6S. The van der Waals surface area contributed by atoms with E-state index in [9.17, 15) is 18.0 Å². The van der Waals surface area contributed by atoms with Crippen LogP contribution in [0.1, 0.15) is 39.2 Å². The third-order valence-electron chi connectivity index (χ3n) is 5.98. The Morgan fingerprint density at radius 2 is 1.72 bits per heavy atom. The minimum atomic E-state index is -3.85. The molecule has 196 valence electrons. The molecule has 0 aromatic heterocycles. The molecule has 1 heterocycles. The van der Waals surface area contributed by atoms with Gasteiger partial charge in [0.1, 0.15) is 12.6 Å². The van der Waals surface area contributed by atoms with E-state index in [4.69, 9.17) is 21.1 Å². The summed E-state index contributed by atoms with van der Waals surface area (Å²) in [7, 11) is -3.85. The molecule has 0 spiro atoms. The van der Waals surface area contributed by atoms with E-state index in [1.54, 1.807) is 36.4 Å². The van der Waals surface area contributed by atoms with Crippen LogP contribution >= 0.6 is 11.6 Å². The fourth-order valence-electron chi connectivity index (χ4n) is 3.80. The number of fused-ring (bicyclic) bond motifs is 1. The Morgan fingerprint density at radius 3 is 2.33 bits per heavy atom. The van der Waals surface area contributed by atoms with E-state index in [1.165, 1.54) is 11.0 Å². The molecule has 2 aromatic carbocycles. The summed E-state index contributed by atoms with van der Waals surface area (Å²) in [6.45, 7) is 5.32. The topological polar surface area (TPSA) is 105 Å². The SMILES string of the molecule is CCC(C)NC(=O)C(CC)N(Cc1ccc(Cl)cc1)C(=O)CN(c1ccc2c(c1)OCO2)S(C)(=O)=O. The highest BCUT2D eigenvalue weighted by Gasteiger charge is 2.32. The number of carbonyl (C=O) groups excluding carboxylic acids is 2. The molecule has 2 aromatic rings. The maximum atomic E-state index is 13.7. The summed E-state index contributed by atoms with van der Waals surface area (Å²) in [6.07, 6.45) is 2.12. The highest BCUT2D eigenvalue weighted by molar-refractivity contribution is 7.92. The Bertz CT molecular complexity index is 1190. The normalized spacial score (nSPS) is 14.1. The third kappa shape index (κ3) is 6.82. The minimum absolute atomic E-state index is 0.0366. The number of halogens is 1. The van der Waals surface area contributed by atoms with Crippen molar-refractivity contribution in [2.75, 3.05) is 23.9 Å². The molecule has 0 saturated carbocycles. The number of rotatable bonds is 11. The number of amides is 2. The summed E-state index contributed by atoms with van der Waals surface area (Å²) in [4.78, 5) is 28.2. The predicted molar refractivity (Wildman–Crippen MR) is 139 cm³/mol. The second-order valence-corrected chi connectivity index (χ2v) is 11.0. The molecule has 36 heavy (non-hydrogen) atoms. The zero-order valence-electron chi connectivity index (χ0n) is 20.9. The van der Waals surface area contributed by atoms with Gasteiger partial charge in [-0.05, 0) is 49.6 Å². The van der Waals surface area contributed by atoms with Crippen LogP contribution in [0.2, 0.25) is 5.02 Å². The van der Waals surface area contributed by atoms with Gasteiger partial charge in [0.05, 0.1) is 11.9 Å². The number of carbonyl (C=O) groups is 2. The summed E-state index contributed by atoms with van der Waals surface area (Å²) in [5, 5.41) is 3.48. The van der Waals surface area contributed by atoms with Gasteiger partial charge in [-0.1, -0.05) is 37.6 Å². The number of sulfonamides is 1. The molecule has 0 saturated heterocycles. The van der Waals surface area contributed by atoms with Crippen LogP contribution in [0.4, 0.5) is 5.69 Å². The van der Waals surface area contributed by atoms with Gasteiger partial charge in [0.25, 0.3) is 0 Å². The van der Waals surface area contributed by atoms with Gasteiger partial charge in [0.15, 0.2) is 11.5 Å². The van der Waals surface area contributed by atoms with Gasteiger partial charge in [-0.15, -0.1) is 0 Å². The molecule has 1 N–H and O–H groups in total. The van der Waals surface area contributed by atoms with Crippen LogP contribution in [0.3, 0.4) is 0 Å². The second kappa shape index (κ2) is 11.8. The number of anilines is 1. The van der Waals surface area contributed by atoms with E-state index in [0.717, 1.165) is 22.5 Å². The first-order chi connectivity index (χ1) is 17.0. The first kappa shape index (κ1) is 27.6. The summed E-state index contributed by atoms with van der Waals surface area (Å²) < 4.78 is 37.2. The van der Waals surface area contributed by atoms with Gasteiger partial charge >= 0.3 is 0 Å². The van der Waals surface area contributed by atoms with Crippen molar-refractivity contribution in [1.29, 1.82) is 0 Å². The molecule has 0 fully saturated rings. The summed E-state index contributed by atoms with van der Waals surface area (Å²) in [6, 6.07) is 10.8. The van der Waals surface area contributed by atoms with Gasteiger partial charge in [-0.25, -0.2) is 8.42 Å². The lowest BCUT2D eigenvalue weighted by molar-refractivity contribution is -0.140. The summed E-state index contributed by atoms with van der Waals surface area (Å²) in [5.74, 6) is 0.0870. The van der Waals surface area contributed by atoms with E-state index in [-0.39, 0.29) is 31.0 Å². The van der Waals surface area contributed by atoms with Crippen LogP contribution in [0, 0.1) is 0 Å². The van der Waals surface area contributed by atoms with Gasteiger partial charge in [-0.3, -0.25) is 13.9 Å². The van der Waals surface area contributed by atoms with E-state index in [0.29, 0.717) is 22.9 Å². The van der Waals surface area contributed by atoms with Crippen LogP contribution < -0.4 is 19.1 Å². The number of nitrogens with zero attached hydrogens (tertiary/aromatic N) is 2. The highest BCUT2D eigenvalue weighted by Crippen LogP contribution is 2.36. The Kier molecular flexibility index (Phi) is 9.08. The number of benzene rings is 2. The average Bonchev–Trinajstić information content (AvgIpc) is 3.30. The zero-order chi connectivity index (χ0) is 26.5. The van der Waals surface area contributed by atoms with Gasteiger partial charge < -0.3 is 19.7 Å². The molecular weight excluding hydrogens is 506 g/mol. The lowest BCUT2D eigenvalue weighted by atomic mass is 10.1. The van der Waals surface area contributed by atoms with Crippen LogP contribution in [0.5, 0.6) is 11.5 Å². The van der Waals surface area contributed by atoms with Crippen molar-refractivity contribution < 1.29 is 27.5 Å². The Labute approximate surface area is 217 Å².